The van der Waals surface area contributed by atoms with Gasteiger partial charge in [-0.3, -0.25) is 14.9 Å². The van der Waals surface area contributed by atoms with Crippen molar-refractivity contribution < 1.29 is 19.6 Å². The van der Waals surface area contributed by atoms with Crippen LogP contribution in [0.1, 0.15) is 37.7 Å². The summed E-state index contributed by atoms with van der Waals surface area (Å²) in [6.45, 7) is 5.66. The fourth-order valence-electron chi connectivity index (χ4n) is 1.94. The van der Waals surface area contributed by atoms with Crippen LogP contribution in [0.15, 0.2) is 12.3 Å². The van der Waals surface area contributed by atoms with Crippen molar-refractivity contribution in [1.29, 1.82) is 0 Å². The molecule has 1 atom stereocenters. The number of nitrogens with zero attached hydrogens (tertiary/aromatic N) is 2. The van der Waals surface area contributed by atoms with Crippen molar-refractivity contribution in [3.05, 3.63) is 28.1 Å². The van der Waals surface area contributed by atoms with Gasteiger partial charge in [0.25, 0.3) is 11.6 Å². The number of nitrogens with one attached hydrogen (secondary N) is 1. The van der Waals surface area contributed by atoms with Gasteiger partial charge >= 0.3 is 5.97 Å². The molecule has 0 aliphatic rings. The van der Waals surface area contributed by atoms with Gasteiger partial charge in [-0.1, -0.05) is 20.8 Å². The molecule has 0 aromatic carbocycles. The van der Waals surface area contributed by atoms with Crippen molar-refractivity contribution in [1.82, 2.24) is 9.88 Å². The lowest BCUT2D eigenvalue weighted by Gasteiger charge is -2.18. The molecule has 1 rings (SSSR count). The minimum atomic E-state index is -1.14. The number of aryl methyl sites for hydroxylation is 1. The minimum absolute atomic E-state index is 0.0930. The highest BCUT2D eigenvalue weighted by Crippen LogP contribution is 2.17. The monoisotopic (exact) mass is 297 g/mol. The molecule has 8 nitrogen and oxygen atoms in total. The fourth-order valence-corrected chi connectivity index (χ4v) is 1.94. The van der Waals surface area contributed by atoms with E-state index < -0.39 is 22.8 Å². The van der Waals surface area contributed by atoms with Crippen LogP contribution in [0.5, 0.6) is 0 Å². The third kappa shape index (κ3) is 4.04. The Balaban J connectivity index is 3.05. The van der Waals surface area contributed by atoms with Crippen LogP contribution in [0.25, 0.3) is 0 Å². The Morgan fingerprint density at radius 1 is 1.48 bits per heavy atom. The van der Waals surface area contributed by atoms with Gasteiger partial charge in [0.15, 0.2) is 0 Å². The Morgan fingerprint density at radius 2 is 2.10 bits per heavy atom. The molecular weight excluding hydrogens is 278 g/mol. The predicted octanol–water partition coefficient (Wildman–Crippen LogP) is 1.65. The average Bonchev–Trinajstić information content (AvgIpc) is 2.79. The van der Waals surface area contributed by atoms with Crippen molar-refractivity contribution in [2.45, 2.75) is 39.8 Å². The highest BCUT2D eigenvalue weighted by atomic mass is 16.6. The summed E-state index contributed by atoms with van der Waals surface area (Å²) in [4.78, 5) is 33.5. The zero-order chi connectivity index (χ0) is 16.2. The third-order valence-electron chi connectivity index (χ3n) is 3.01. The van der Waals surface area contributed by atoms with Gasteiger partial charge < -0.3 is 15.0 Å². The van der Waals surface area contributed by atoms with Crippen LogP contribution in [0.4, 0.5) is 5.69 Å². The predicted molar refractivity (Wildman–Crippen MR) is 75.1 cm³/mol. The van der Waals surface area contributed by atoms with E-state index in [9.17, 15) is 19.7 Å². The van der Waals surface area contributed by atoms with Crippen LogP contribution in [-0.2, 0) is 11.3 Å². The van der Waals surface area contributed by atoms with Gasteiger partial charge in [-0.15, -0.1) is 0 Å². The van der Waals surface area contributed by atoms with Crippen LogP contribution < -0.4 is 5.32 Å². The third-order valence-corrected chi connectivity index (χ3v) is 3.01. The van der Waals surface area contributed by atoms with Crippen molar-refractivity contribution in [3.8, 4) is 0 Å². The van der Waals surface area contributed by atoms with Gasteiger partial charge in [-0.05, 0) is 12.3 Å². The van der Waals surface area contributed by atoms with E-state index in [0.717, 1.165) is 6.07 Å². The second-order valence-electron chi connectivity index (χ2n) is 5.07. The molecule has 0 saturated heterocycles. The normalized spacial score (nSPS) is 12.2. The molecule has 0 fully saturated rings. The highest BCUT2D eigenvalue weighted by molar-refractivity contribution is 5.96. The van der Waals surface area contributed by atoms with Crippen molar-refractivity contribution in [2.75, 3.05) is 0 Å². The van der Waals surface area contributed by atoms with Crippen LogP contribution >= 0.6 is 0 Å². The second kappa shape index (κ2) is 6.87. The van der Waals surface area contributed by atoms with Crippen LogP contribution in [0, 0.1) is 16.0 Å². The summed E-state index contributed by atoms with van der Waals surface area (Å²) in [6, 6.07) is 0.117. The maximum absolute atomic E-state index is 12.2. The molecule has 0 aliphatic heterocycles. The van der Waals surface area contributed by atoms with E-state index in [1.807, 2.05) is 6.92 Å². The molecule has 1 unspecified atom stereocenters. The maximum Gasteiger partial charge on any atom is 0.326 e. The smallest absolute Gasteiger partial charge is 0.326 e. The van der Waals surface area contributed by atoms with E-state index in [0.29, 0.717) is 13.0 Å². The van der Waals surface area contributed by atoms with E-state index in [4.69, 9.17) is 5.11 Å². The first kappa shape index (κ1) is 16.7. The number of aromatic nitrogens is 1. The quantitative estimate of drug-likeness (QED) is 0.586. The van der Waals surface area contributed by atoms with Crippen LogP contribution in [0.3, 0.4) is 0 Å². The summed E-state index contributed by atoms with van der Waals surface area (Å²) in [7, 11) is 0. The minimum Gasteiger partial charge on any atom is -0.480 e. The molecule has 2 N–H and O–H groups in total. The SMILES string of the molecule is CCCn1cc([N+](=O)[O-])cc1C(=O)NC(C(=O)O)C(C)C. The van der Waals surface area contributed by atoms with Gasteiger partial charge in [0.1, 0.15) is 11.7 Å². The number of nitro groups is 1. The van der Waals surface area contributed by atoms with Gasteiger partial charge in [-0.25, -0.2) is 4.79 Å². The van der Waals surface area contributed by atoms with Crippen molar-refractivity contribution in [3.63, 3.8) is 0 Å². The number of carbonyl (C=O) groups is 2. The number of amides is 1. The largest absolute Gasteiger partial charge is 0.480 e. The maximum atomic E-state index is 12.2. The van der Waals surface area contributed by atoms with Gasteiger partial charge in [-0.2, -0.15) is 0 Å². The zero-order valence-corrected chi connectivity index (χ0v) is 12.2. The van der Waals surface area contributed by atoms with E-state index in [1.54, 1.807) is 13.8 Å². The fraction of sp³-hybridized carbons (Fsp3) is 0.538. The number of hydrogen-bond acceptors (Lipinski definition) is 4. The standard InChI is InChI=1S/C13H19N3O5/c1-4-5-15-7-9(16(20)21)6-10(15)12(17)14-11(8(2)3)13(18)19/h6-8,11H,4-5H2,1-3H3,(H,14,17)(H,18,19). The molecule has 1 aromatic heterocycles. The topological polar surface area (TPSA) is 114 Å². The number of carboxylic acids is 1. The first-order chi connectivity index (χ1) is 9.77. The number of rotatable bonds is 7. The highest BCUT2D eigenvalue weighted by Gasteiger charge is 2.26. The Labute approximate surface area is 121 Å². The molecule has 0 aliphatic carbocycles. The van der Waals surface area contributed by atoms with Crippen LogP contribution in [0.2, 0.25) is 0 Å². The second-order valence-corrected chi connectivity index (χ2v) is 5.07. The summed E-state index contributed by atoms with van der Waals surface area (Å²) in [5.74, 6) is -2.06. The number of carboxylic acid groups (broad SMARTS) is 1. The lowest BCUT2D eigenvalue weighted by atomic mass is 10.0. The lowest BCUT2D eigenvalue weighted by molar-refractivity contribution is -0.384. The number of carbonyl (C=O) groups excluding carboxylic acids is 1. The van der Waals surface area contributed by atoms with E-state index in [2.05, 4.69) is 5.32 Å². The molecule has 1 amide bonds. The summed E-state index contributed by atoms with van der Waals surface area (Å²) in [6.07, 6.45) is 1.97. The van der Waals surface area contributed by atoms with Crippen molar-refractivity contribution >= 4 is 17.6 Å². The van der Waals surface area contributed by atoms with Gasteiger partial charge in [0.05, 0.1) is 11.1 Å². The molecule has 1 aromatic rings. The summed E-state index contributed by atoms with van der Waals surface area (Å²) in [5, 5.41) is 22.3. The average molecular weight is 297 g/mol. The molecule has 0 bridgehead atoms. The van der Waals surface area contributed by atoms with Crippen molar-refractivity contribution in [2.24, 2.45) is 5.92 Å². The zero-order valence-electron chi connectivity index (χ0n) is 12.2. The van der Waals surface area contributed by atoms with Gasteiger partial charge in [0, 0.05) is 12.6 Å². The Bertz CT molecular complexity index is 550. The summed E-state index contributed by atoms with van der Waals surface area (Å²) >= 11 is 0. The summed E-state index contributed by atoms with van der Waals surface area (Å²) in [5.41, 5.74) is -0.0968. The lowest BCUT2D eigenvalue weighted by Crippen LogP contribution is -2.44. The molecule has 21 heavy (non-hydrogen) atoms. The summed E-state index contributed by atoms with van der Waals surface area (Å²) < 4.78 is 1.46. The molecular formula is C13H19N3O5. The molecule has 0 radical (unpaired) electrons. The Kier molecular flexibility index (Phi) is 5.45. The first-order valence-corrected chi connectivity index (χ1v) is 6.66. The van der Waals surface area contributed by atoms with E-state index in [-0.39, 0.29) is 17.3 Å². The van der Waals surface area contributed by atoms with E-state index in [1.165, 1.54) is 10.8 Å². The number of hydrogen-bond donors (Lipinski definition) is 2. The van der Waals surface area contributed by atoms with Gasteiger partial charge in [0.2, 0.25) is 0 Å². The molecule has 116 valence electrons. The Hall–Kier alpha value is -2.38. The molecule has 0 saturated carbocycles. The molecule has 0 spiro atoms. The van der Waals surface area contributed by atoms with Crippen LogP contribution in [-0.4, -0.2) is 32.5 Å². The Morgan fingerprint density at radius 3 is 2.52 bits per heavy atom. The molecule has 8 heteroatoms. The molecule has 1 heterocycles. The first-order valence-electron chi connectivity index (χ1n) is 6.66. The number of aliphatic carboxylic acids is 1. The van der Waals surface area contributed by atoms with E-state index >= 15 is 0 Å².